The van der Waals surface area contributed by atoms with E-state index in [0.717, 1.165) is 6.07 Å². The number of halogens is 5. The van der Waals surface area contributed by atoms with Crippen molar-refractivity contribution in [1.82, 2.24) is 0 Å². The summed E-state index contributed by atoms with van der Waals surface area (Å²) in [6.45, 7) is -0.772. The summed E-state index contributed by atoms with van der Waals surface area (Å²) in [5.41, 5.74) is 0.0401. The molecule has 0 bridgehead atoms. The number of alkyl halides is 3. The minimum atomic E-state index is -4.67. The summed E-state index contributed by atoms with van der Waals surface area (Å²) < 4.78 is 51.3. The summed E-state index contributed by atoms with van der Waals surface area (Å²) in [6.07, 6.45) is -4.67. The fourth-order valence-electron chi connectivity index (χ4n) is 0.985. The molecule has 0 heterocycles. The second-order valence-electron chi connectivity index (χ2n) is 2.85. The number of nitrogens with one attached hydrogen (secondary N) is 1. The number of hydrogen-bond donors (Lipinski definition) is 1. The molecule has 0 atom stereocenters. The topological polar surface area (TPSA) is 21.3 Å². The van der Waals surface area contributed by atoms with Crippen molar-refractivity contribution in [2.75, 3.05) is 18.5 Å². The van der Waals surface area contributed by atoms with Gasteiger partial charge in [-0.3, -0.25) is 4.74 Å². The van der Waals surface area contributed by atoms with Gasteiger partial charge in [0.05, 0.1) is 12.3 Å². The monoisotopic (exact) mass is 257 g/mol. The highest BCUT2D eigenvalue weighted by Gasteiger charge is 2.28. The maximum atomic E-state index is 13.0. The van der Waals surface area contributed by atoms with Gasteiger partial charge in [0.25, 0.3) is 0 Å². The Balaban J connectivity index is 2.40. The first kappa shape index (κ1) is 13.1. The first-order valence-electron chi connectivity index (χ1n) is 4.28. The van der Waals surface area contributed by atoms with E-state index in [1.165, 1.54) is 12.1 Å². The van der Waals surface area contributed by atoms with Crippen molar-refractivity contribution in [1.29, 1.82) is 0 Å². The van der Waals surface area contributed by atoms with Crippen LogP contribution in [0.2, 0.25) is 5.02 Å². The summed E-state index contributed by atoms with van der Waals surface area (Å²) in [6, 6.07) is 3.74. The minimum absolute atomic E-state index is 0.0401. The standard InChI is InChI=1S/C9H8ClF4NO/c10-6-1-2-7(11)8(5-6)15-3-4-16-9(12,13)14/h1-2,5,15H,3-4H2. The molecule has 0 spiro atoms. The Morgan fingerprint density at radius 1 is 1.31 bits per heavy atom. The lowest BCUT2D eigenvalue weighted by Crippen LogP contribution is -2.19. The molecule has 0 saturated heterocycles. The van der Waals surface area contributed by atoms with Gasteiger partial charge >= 0.3 is 6.36 Å². The smallest absolute Gasteiger partial charge is 0.380 e. The lowest BCUT2D eigenvalue weighted by molar-refractivity contribution is -0.322. The van der Waals surface area contributed by atoms with E-state index in [-0.39, 0.29) is 12.2 Å². The molecule has 1 N–H and O–H groups in total. The van der Waals surface area contributed by atoms with Gasteiger partial charge in [-0.25, -0.2) is 4.39 Å². The number of ether oxygens (including phenoxy) is 1. The zero-order valence-corrected chi connectivity index (χ0v) is 8.70. The molecule has 0 fully saturated rings. The van der Waals surface area contributed by atoms with Crippen molar-refractivity contribution in [2.24, 2.45) is 0 Å². The highest BCUT2D eigenvalue weighted by atomic mass is 35.5. The predicted molar refractivity (Wildman–Crippen MR) is 51.9 cm³/mol. The maximum Gasteiger partial charge on any atom is 0.522 e. The fourth-order valence-corrected chi connectivity index (χ4v) is 1.16. The Kier molecular flexibility index (Phi) is 4.37. The Hall–Kier alpha value is -1.01. The first-order chi connectivity index (χ1) is 7.38. The molecule has 1 rings (SSSR count). The second kappa shape index (κ2) is 5.36. The van der Waals surface area contributed by atoms with Crippen LogP contribution in [0.15, 0.2) is 18.2 Å². The Bertz CT molecular complexity index is 356. The van der Waals surface area contributed by atoms with Crippen LogP contribution in [0.4, 0.5) is 23.2 Å². The van der Waals surface area contributed by atoms with E-state index < -0.39 is 18.8 Å². The first-order valence-corrected chi connectivity index (χ1v) is 4.66. The van der Waals surface area contributed by atoms with Crippen LogP contribution in [0.25, 0.3) is 0 Å². The molecule has 90 valence electrons. The summed E-state index contributed by atoms with van der Waals surface area (Å²) in [7, 11) is 0. The van der Waals surface area contributed by atoms with Gasteiger partial charge in [-0.15, -0.1) is 13.2 Å². The largest absolute Gasteiger partial charge is 0.522 e. The van der Waals surface area contributed by atoms with Crippen LogP contribution in [0.3, 0.4) is 0 Å². The number of anilines is 1. The quantitative estimate of drug-likeness (QED) is 0.659. The molecule has 0 aliphatic rings. The van der Waals surface area contributed by atoms with Crippen molar-refractivity contribution in [3.63, 3.8) is 0 Å². The van der Waals surface area contributed by atoms with Gasteiger partial charge in [0, 0.05) is 11.6 Å². The van der Waals surface area contributed by atoms with Crippen LogP contribution >= 0.6 is 11.6 Å². The molecule has 1 aromatic carbocycles. The fraction of sp³-hybridized carbons (Fsp3) is 0.333. The SMILES string of the molecule is Fc1ccc(Cl)cc1NCCOC(F)(F)F. The van der Waals surface area contributed by atoms with Crippen molar-refractivity contribution < 1.29 is 22.3 Å². The molecule has 0 saturated carbocycles. The van der Waals surface area contributed by atoms with Gasteiger partial charge in [0.15, 0.2) is 0 Å². The van der Waals surface area contributed by atoms with Crippen molar-refractivity contribution in [3.8, 4) is 0 Å². The summed E-state index contributed by atoms with van der Waals surface area (Å²) in [4.78, 5) is 0. The van der Waals surface area contributed by atoms with E-state index in [0.29, 0.717) is 5.02 Å². The summed E-state index contributed by atoms with van der Waals surface area (Å²) in [5.74, 6) is -0.587. The molecule has 0 unspecified atom stereocenters. The molecule has 0 aliphatic carbocycles. The Morgan fingerprint density at radius 2 is 2.00 bits per heavy atom. The normalized spacial score (nSPS) is 11.6. The predicted octanol–water partition coefficient (Wildman–Crippen LogP) is 3.43. The lowest BCUT2D eigenvalue weighted by Gasteiger charge is -2.10. The molecule has 1 aromatic rings. The molecule has 0 aliphatic heterocycles. The van der Waals surface area contributed by atoms with Crippen molar-refractivity contribution in [2.45, 2.75) is 6.36 Å². The van der Waals surface area contributed by atoms with Crippen LogP contribution in [0, 0.1) is 5.82 Å². The molecule has 7 heteroatoms. The van der Waals surface area contributed by atoms with Crippen LogP contribution in [0.1, 0.15) is 0 Å². The van der Waals surface area contributed by atoms with Crippen LogP contribution in [0.5, 0.6) is 0 Å². The van der Waals surface area contributed by atoms with E-state index in [1.807, 2.05) is 0 Å². The zero-order chi connectivity index (χ0) is 12.2. The minimum Gasteiger partial charge on any atom is -0.380 e. The number of rotatable bonds is 4. The maximum absolute atomic E-state index is 13.0. The highest BCUT2D eigenvalue weighted by molar-refractivity contribution is 6.30. The molecule has 0 aromatic heterocycles. The molecule has 0 amide bonds. The third-order valence-electron chi connectivity index (χ3n) is 1.61. The van der Waals surface area contributed by atoms with Crippen LogP contribution < -0.4 is 5.32 Å². The molecule has 2 nitrogen and oxygen atoms in total. The highest BCUT2D eigenvalue weighted by Crippen LogP contribution is 2.19. The third-order valence-corrected chi connectivity index (χ3v) is 1.85. The molecule has 0 radical (unpaired) electrons. The van der Waals surface area contributed by atoms with Gasteiger partial charge in [-0.05, 0) is 18.2 Å². The van der Waals surface area contributed by atoms with Gasteiger partial charge < -0.3 is 5.32 Å². The Labute approximate surface area is 94.2 Å². The van der Waals surface area contributed by atoms with Crippen LogP contribution in [-0.2, 0) is 4.74 Å². The lowest BCUT2D eigenvalue weighted by atomic mass is 10.3. The molecular weight excluding hydrogens is 250 g/mol. The van der Waals surface area contributed by atoms with E-state index in [1.54, 1.807) is 0 Å². The molecule has 16 heavy (non-hydrogen) atoms. The summed E-state index contributed by atoms with van der Waals surface area (Å²) in [5, 5.41) is 2.73. The van der Waals surface area contributed by atoms with E-state index in [4.69, 9.17) is 11.6 Å². The van der Waals surface area contributed by atoms with E-state index >= 15 is 0 Å². The van der Waals surface area contributed by atoms with E-state index in [9.17, 15) is 17.6 Å². The van der Waals surface area contributed by atoms with Crippen LogP contribution in [-0.4, -0.2) is 19.5 Å². The van der Waals surface area contributed by atoms with Gasteiger partial charge in [0.1, 0.15) is 5.82 Å². The van der Waals surface area contributed by atoms with Gasteiger partial charge in [-0.1, -0.05) is 11.6 Å². The third kappa shape index (κ3) is 4.67. The molecular formula is C9H8ClF4NO. The van der Waals surface area contributed by atoms with Crippen molar-refractivity contribution >= 4 is 17.3 Å². The van der Waals surface area contributed by atoms with Gasteiger partial charge in [-0.2, -0.15) is 0 Å². The summed E-state index contributed by atoms with van der Waals surface area (Å²) >= 11 is 5.58. The number of benzene rings is 1. The zero-order valence-electron chi connectivity index (χ0n) is 7.94. The van der Waals surface area contributed by atoms with Crippen molar-refractivity contribution in [3.05, 3.63) is 29.0 Å². The average molecular weight is 258 g/mol. The Morgan fingerprint density at radius 3 is 2.62 bits per heavy atom. The van der Waals surface area contributed by atoms with Gasteiger partial charge in [0.2, 0.25) is 0 Å². The number of hydrogen-bond acceptors (Lipinski definition) is 2. The second-order valence-corrected chi connectivity index (χ2v) is 3.28. The van der Waals surface area contributed by atoms with E-state index in [2.05, 4.69) is 10.1 Å². The average Bonchev–Trinajstić information content (AvgIpc) is 2.16.